The van der Waals surface area contributed by atoms with E-state index in [-0.39, 0.29) is 11.7 Å². The molecular weight excluding hydrogens is 216 g/mol. The lowest BCUT2D eigenvalue weighted by molar-refractivity contribution is 0.0112. The van der Waals surface area contributed by atoms with E-state index in [1.807, 2.05) is 45.9 Å². The average molecular weight is 236 g/mol. The summed E-state index contributed by atoms with van der Waals surface area (Å²) >= 11 is 0. The van der Waals surface area contributed by atoms with Crippen LogP contribution in [0.3, 0.4) is 0 Å². The predicted octanol–water partition coefficient (Wildman–Crippen LogP) is 3.07. The van der Waals surface area contributed by atoms with E-state index in [0.29, 0.717) is 6.42 Å². The molecule has 3 heteroatoms. The van der Waals surface area contributed by atoms with Crippen molar-refractivity contribution >= 4 is 0 Å². The minimum atomic E-state index is -0.457. The van der Waals surface area contributed by atoms with Crippen LogP contribution in [-0.4, -0.2) is 16.8 Å². The van der Waals surface area contributed by atoms with E-state index in [1.165, 1.54) is 0 Å². The van der Waals surface area contributed by atoms with Gasteiger partial charge in [0.1, 0.15) is 17.1 Å². The molecule has 1 N–H and O–H groups in total. The van der Waals surface area contributed by atoms with Gasteiger partial charge < -0.3 is 14.6 Å². The molecule has 1 heterocycles. The number of hydrogen-bond donors (Lipinski definition) is 1. The second-order valence-corrected chi connectivity index (χ2v) is 5.45. The van der Waals surface area contributed by atoms with Gasteiger partial charge in [-0.05, 0) is 39.8 Å². The standard InChI is InChI=1S/C14H20O3/c1-9(2)16-10-5-6-11-12(15)8-14(3,4)17-13(11)7-10/h5-7,9,12,15H,8H2,1-4H3. The van der Waals surface area contributed by atoms with Crippen molar-refractivity contribution in [3.05, 3.63) is 23.8 Å². The SMILES string of the molecule is CC(C)Oc1ccc2c(c1)OC(C)(C)CC2O. The van der Waals surface area contributed by atoms with Crippen molar-refractivity contribution in [2.24, 2.45) is 0 Å². The van der Waals surface area contributed by atoms with Gasteiger partial charge in [0, 0.05) is 18.1 Å². The first-order chi connectivity index (χ1) is 7.87. The Hall–Kier alpha value is -1.22. The van der Waals surface area contributed by atoms with E-state index in [2.05, 4.69) is 0 Å². The predicted molar refractivity (Wildman–Crippen MR) is 66.5 cm³/mol. The summed E-state index contributed by atoms with van der Waals surface area (Å²) in [4.78, 5) is 0. The van der Waals surface area contributed by atoms with Crippen molar-refractivity contribution in [1.82, 2.24) is 0 Å². The third kappa shape index (κ3) is 2.72. The Bertz CT molecular complexity index is 410. The van der Waals surface area contributed by atoms with Crippen LogP contribution in [0, 0.1) is 0 Å². The van der Waals surface area contributed by atoms with Crippen LogP contribution in [0.25, 0.3) is 0 Å². The maximum Gasteiger partial charge on any atom is 0.129 e. The first-order valence-electron chi connectivity index (χ1n) is 6.05. The highest BCUT2D eigenvalue weighted by atomic mass is 16.5. The van der Waals surface area contributed by atoms with Crippen molar-refractivity contribution in [2.45, 2.75) is 51.9 Å². The highest BCUT2D eigenvalue weighted by Gasteiger charge is 2.32. The molecule has 1 aromatic carbocycles. The van der Waals surface area contributed by atoms with E-state index in [9.17, 15) is 5.11 Å². The lowest BCUT2D eigenvalue weighted by atomic mass is 9.92. The number of aliphatic hydroxyl groups is 1. The smallest absolute Gasteiger partial charge is 0.129 e. The lowest BCUT2D eigenvalue weighted by Gasteiger charge is -2.35. The average Bonchev–Trinajstić information content (AvgIpc) is 2.13. The summed E-state index contributed by atoms with van der Waals surface area (Å²) in [6, 6.07) is 5.62. The summed E-state index contributed by atoms with van der Waals surface area (Å²) < 4.78 is 11.5. The zero-order valence-corrected chi connectivity index (χ0v) is 10.9. The molecule has 0 aromatic heterocycles. The molecule has 0 aliphatic carbocycles. The van der Waals surface area contributed by atoms with E-state index < -0.39 is 6.10 Å². The number of rotatable bonds is 2. The van der Waals surface area contributed by atoms with Gasteiger partial charge in [0.05, 0.1) is 12.2 Å². The minimum Gasteiger partial charge on any atom is -0.491 e. The maximum atomic E-state index is 10.0. The molecule has 0 fully saturated rings. The normalized spacial score (nSPS) is 21.9. The molecule has 1 atom stereocenters. The fourth-order valence-electron chi connectivity index (χ4n) is 2.14. The first-order valence-corrected chi connectivity index (χ1v) is 6.05. The van der Waals surface area contributed by atoms with Crippen LogP contribution in [0.2, 0.25) is 0 Å². The molecule has 0 saturated heterocycles. The molecule has 2 rings (SSSR count). The van der Waals surface area contributed by atoms with Crippen LogP contribution in [0.15, 0.2) is 18.2 Å². The summed E-state index contributed by atoms with van der Waals surface area (Å²) in [5.41, 5.74) is 0.517. The van der Waals surface area contributed by atoms with Gasteiger partial charge in [0.2, 0.25) is 0 Å². The van der Waals surface area contributed by atoms with Gasteiger partial charge in [-0.25, -0.2) is 0 Å². The summed E-state index contributed by atoms with van der Waals surface area (Å²) in [7, 11) is 0. The molecule has 94 valence electrons. The zero-order valence-electron chi connectivity index (χ0n) is 10.9. The number of aliphatic hydroxyl groups excluding tert-OH is 1. The van der Waals surface area contributed by atoms with Crippen LogP contribution in [-0.2, 0) is 0 Å². The highest BCUT2D eigenvalue weighted by Crippen LogP contribution is 2.41. The largest absolute Gasteiger partial charge is 0.491 e. The van der Waals surface area contributed by atoms with Crippen LogP contribution in [0.4, 0.5) is 0 Å². The summed E-state index contributed by atoms with van der Waals surface area (Å²) in [6.07, 6.45) is 0.293. The Kier molecular flexibility index (Phi) is 3.04. The van der Waals surface area contributed by atoms with Crippen molar-refractivity contribution < 1.29 is 14.6 Å². The molecule has 17 heavy (non-hydrogen) atoms. The second-order valence-electron chi connectivity index (χ2n) is 5.45. The Morgan fingerprint density at radius 1 is 1.41 bits per heavy atom. The molecule has 0 amide bonds. The van der Waals surface area contributed by atoms with Crippen molar-refractivity contribution in [1.29, 1.82) is 0 Å². The fraction of sp³-hybridized carbons (Fsp3) is 0.571. The zero-order chi connectivity index (χ0) is 12.6. The van der Waals surface area contributed by atoms with E-state index in [1.54, 1.807) is 0 Å². The van der Waals surface area contributed by atoms with Gasteiger partial charge in [-0.2, -0.15) is 0 Å². The number of benzene rings is 1. The third-order valence-corrected chi connectivity index (χ3v) is 2.79. The Balaban J connectivity index is 2.31. The topological polar surface area (TPSA) is 38.7 Å². The van der Waals surface area contributed by atoms with Gasteiger partial charge in [-0.15, -0.1) is 0 Å². The van der Waals surface area contributed by atoms with E-state index in [0.717, 1.165) is 17.1 Å². The summed E-state index contributed by atoms with van der Waals surface area (Å²) in [5.74, 6) is 1.51. The summed E-state index contributed by atoms with van der Waals surface area (Å²) in [6.45, 7) is 7.93. The molecule has 0 radical (unpaired) electrons. The molecule has 1 aromatic rings. The molecule has 1 aliphatic rings. The third-order valence-electron chi connectivity index (χ3n) is 2.79. The highest BCUT2D eigenvalue weighted by molar-refractivity contribution is 5.43. The molecule has 3 nitrogen and oxygen atoms in total. The first kappa shape index (κ1) is 12.2. The molecule has 0 bridgehead atoms. The quantitative estimate of drug-likeness (QED) is 0.857. The van der Waals surface area contributed by atoms with Crippen LogP contribution in [0.1, 0.15) is 45.8 Å². The Morgan fingerprint density at radius 3 is 2.76 bits per heavy atom. The molecule has 0 saturated carbocycles. The lowest BCUT2D eigenvalue weighted by Crippen LogP contribution is -2.34. The van der Waals surface area contributed by atoms with Gasteiger partial charge in [0.25, 0.3) is 0 Å². The van der Waals surface area contributed by atoms with E-state index >= 15 is 0 Å². The van der Waals surface area contributed by atoms with Gasteiger partial charge in [-0.1, -0.05) is 0 Å². The molecule has 1 unspecified atom stereocenters. The Labute approximate surface area is 102 Å². The van der Waals surface area contributed by atoms with Gasteiger partial charge in [0.15, 0.2) is 0 Å². The maximum absolute atomic E-state index is 10.0. The number of ether oxygens (including phenoxy) is 2. The summed E-state index contributed by atoms with van der Waals surface area (Å²) in [5, 5.41) is 10.0. The minimum absolute atomic E-state index is 0.134. The number of hydrogen-bond acceptors (Lipinski definition) is 3. The van der Waals surface area contributed by atoms with Crippen molar-refractivity contribution in [2.75, 3.05) is 0 Å². The molecule has 0 spiro atoms. The van der Waals surface area contributed by atoms with Crippen molar-refractivity contribution in [3.8, 4) is 11.5 Å². The number of fused-ring (bicyclic) bond motifs is 1. The van der Waals surface area contributed by atoms with Crippen molar-refractivity contribution in [3.63, 3.8) is 0 Å². The van der Waals surface area contributed by atoms with Crippen LogP contribution < -0.4 is 9.47 Å². The van der Waals surface area contributed by atoms with Gasteiger partial charge >= 0.3 is 0 Å². The molecular formula is C14H20O3. The van der Waals surface area contributed by atoms with Crippen LogP contribution in [0.5, 0.6) is 11.5 Å². The fourth-order valence-corrected chi connectivity index (χ4v) is 2.14. The Morgan fingerprint density at radius 2 is 2.12 bits per heavy atom. The molecule has 1 aliphatic heterocycles. The monoisotopic (exact) mass is 236 g/mol. The van der Waals surface area contributed by atoms with Crippen LogP contribution >= 0.6 is 0 Å². The van der Waals surface area contributed by atoms with E-state index in [4.69, 9.17) is 9.47 Å². The van der Waals surface area contributed by atoms with Gasteiger partial charge in [-0.3, -0.25) is 0 Å². The second kappa shape index (κ2) is 4.22.